The van der Waals surface area contributed by atoms with Crippen LogP contribution in [0.15, 0.2) is 0 Å². The molecule has 4 nitrogen and oxygen atoms in total. The number of nitrogens with zero attached hydrogens (tertiary/aromatic N) is 1. The Morgan fingerprint density at radius 1 is 1.35 bits per heavy atom. The lowest BCUT2D eigenvalue weighted by atomic mass is 9.99. The van der Waals surface area contributed by atoms with E-state index >= 15 is 0 Å². The van der Waals surface area contributed by atoms with Gasteiger partial charge in [-0.1, -0.05) is 12.8 Å². The predicted molar refractivity (Wildman–Crippen MR) is 66.5 cm³/mol. The van der Waals surface area contributed by atoms with Crippen molar-refractivity contribution in [2.75, 3.05) is 19.7 Å². The van der Waals surface area contributed by atoms with E-state index in [4.69, 9.17) is 10.5 Å². The zero-order valence-corrected chi connectivity index (χ0v) is 10.7. The smallest absolute Gasteiger partial charge is 0.228 e. The third kappa shape index (κ3) is 2.80. The number of hydrogen-bond acceptors (Lipinski definition) is 3. The second-order valence-corrected chi connectivity index (χ2v) is 5.23. The van der Waals surface area contributed by atoms with Gasteiger partial charge in [0, 0.05) is 25.7 Å². The van der Waals surface area contributed by atoms with Gasteiger partial charge in [-0.2, -0.15) is 0 Å². The Morgan fingerprint density at radius 3 is 2.59 bits per heavy atom. The van der Waals surface area contributed by atoms with Gasteiger partial charge >= 0.3 is 0 Å². The first-order valence-electron chi connectivity index (χ1n) is 6.86. The quantitative estimate of drug-likeness (QED) is 0.801. The predicted octanol–water partition coefficient (Wildman–Crippen LogP) is 1.14. The Hall–Kier alpha value is -0.610. The Bertz CT molecular complexity index is 264. The van der Waals surface area contributed by atoms with Crippen molar-refractivity contribution < 1.29 is 9.53 Å². The Labute approximate surface area is 103 Å². The number of rotatable bonds is 4. The van der Waals surface area contributed by atoms with Crippen molar-refractivity contribution in [2.45, 2.75) is 51.2 Å². The maximum absolute atomic E-state index is 12.5. The molecule has 1 saturated carbocycles. The summed E-state index contributed by atoms with van der Waals surface area (Å²) in [4.78, 5) is 14.6. The molecule has 1 aliphatic heterocycles. The molecule has 98 valence electrons. The Balaban J connectivity index is 2.01. The number of amides is 1. The fourth-order valence-electron chi connectivity index (χ4n) is 3.10. The van der Waals surface area contributed by atoms with E-state index in [9.17, 15) is 4.79 Å². The lowest BCUT2D eigenvalue weighted by Gasteiger charge is -2.31. The normalized spacial score (nSPS) is 29.8. The highest BCUT2D eigenvalue weighted by atomic mass is 16.5. The summed E-state index contributed by atoms with van der Waals surface area (Å²) in [6, 6.07) is 0.429. The highest BCUT2D eigenvalue weighted by Crippen LogP contribution is 2.28. The van der Waals surface area contributed by atoms with Crippen LogP contribution in [0.4, 0.5) is 0 Å². The van der Waals surface area contributed by atoms with Gasteiger partial charge in [0.15, 0.2) is 0 Å². The molecular weight excluding hydrogens is 216 g/mol. The molecular formula is C13H24N2O2. The van der Waals surface area contributed by atoms with Crippen LogP contribution in [0.3, 0.4) is 0 Å². The van der Waals surface area contributed by atoms with E-state index in [1.807, 2.05) is 11.8 Å². The molecule has 2 aliphatic rings. The molecule has 0 radical (unpaired) electrons. The molecule has 2 unspecified atom stereocenters. The lowest BCUT2D eigenvalue weighted by molar-refractivity contribution is -0.139. The van der Waals surface area contributed by atoms with Gasteiger partial charge in [0.25, 0.3) is 0 Å². The number of nitrogens with two attached hydrogens (primary N) is 1. The van der Waals surface area contributed by atoms with Gasteiger partial charge in [-0.3, -0.25) is 4.79 Å². The van der Waals surface area contributed by atoms with Crippen molar-refractivity contribution in [1.82, 2.24) is 4.90 Å². The zero-order chi connectivity index (χ0) is 12.3. The second-order valence-electron chi connectivity index (χ2n) is 5.23. The minimum absolute atomic E-state index is 0.0575. The molecule has 0 aromatic carbocycles. The van der Waals surface area contributed by atoms with Crippen molar-refractivity contribution in [3.8, 4) is 0 Å². The molecule has 17 heavy (non-hydrogen) atoms. The summed E-state index contributed by atoms with van der Waals surface area (Å²) in [7, 11) is 0. The average Bonchev–Trinajstić information content (AvgIpc) is 2.95. The monoisotopic (exact) mass is 240 g/mol. The average molecular weight is 240 g/mol. The van der Waals surface area contributed by atoms with Gasteiger partial charge in [-0.25, -0.2) is 0 Å². The Kier molecular flexibility index (Phi) is 4.40. The summed E-state index contributed by atoms with van der Waals surface area (Å²) in [6.07, 6.45) is 5.73. The first kappa shape index (κ1) is 12.8. The molecule has 0 bridgehead atoms. The molecule has 0 aromatic rings. The highest BCUT2D eigenvalue weighted by molar-refractivity contribution is 5.80. The van der Waals surface area contributed by atoms with Crippen LogP contribution in [0.1, 0.15) is 39.0 Å². The molecule has 2 rings (SSSR count). The van der Waals surface area contributed by atoms with E-state index in [2.05, 4.69) is 0 Å². The van der Waals surface area contributed by atoms with Crippen LogP contribution in [0, 0.1) is 5.92 Å². The number of ether oxygens (including phenoxy) is 1. The van der Waals surface area contributed by atoms with Gasteiger partial charge in [0.05, 0.1) is 12.0 Å². The van der Waals surface area contributed by atoms with Gasteiger partial charge in [0.2, 0.25) is 5.91 Å². The minimum Gasteiger partial charge on any atom is -0.378 e. The van der Waals surface area contributed by atoms with Crippen molar-refractivity contribution >= 4 is 5.91 Å². The number of carbonyl (C=O) groups is 1. The zero-order valence-electron chi connectivity index (χ0n) is 10.7. The van der Waals surface area contributed by atoms with Crippen LogP contribution in [0.5, 0.6) is 0 Å². The summed E-state index contributed by atoms with van der Waals surface area (Å²) in [6.45, 7) is 3.99. The van der Waals surface area contributed by atoms with Crippen molar-refractivity contribution in [3.05, 3.63) is 0 Å². The first-order valence-corrected chi connectivity index (χ1v) is 6.86. The van der Waals surface area contributed by atoms with Crippen molar-refractivity contribution in [2.24, 2.45) is 11.7 Å². The molecule has 0 spiro atoms. The maximum atomic E-state index is 12.5. The summed E-state index contributed by atoms with van der Waals surface area (Å²) in [5.74, 6) is 0.328. The van der Waals surface area contributed by atoms with E-state index in [1.165, 1.54) is 12.8 Å². The highest BCUT2D eigenvalue weighted by Gasteiger charge is 2.36. The number of carbonyl (C=O) groups excluding carboxylic acids is 1. The van der Waals surface area contributed by atoms with Crippen LogP contribution in [0.25, 0.3) is 0 Å². The third-order valence-electron chi connectivity index (χ3n) is 4.11. The second kappa shape index (κ2) is 5.83. The van der Waals surface area contributed by atoms with Gasteiger partial charge in [-0.05, 0) is 26.2 Å². The van der Waals surface area contributed by atoms with Crippen molar-refractivity contribution in [1.29, 1.82) is 0 Å². The molecule has 2 fully saturated rings. The molecule has 1 aliphatic carbocycles. The molecule has 1 saturated heterocycles. The summed E-state index contributed by atoms with van der Waals surface area (Å²) < 4.78 is 5.50. The summed E-state index contributed by atoms with van der Waals surface area (Å²) in [5, 5.41) is 0. The molecule has 4 heteroatoms. The number of hydrogen-bond donors (Lipinski definition) is 1. The molecule has 2 N–H and O–H groups in total. The van der Waals surface area contributed by atoms with E-state index in [1.54, 1.807) is 0 Å². The molecule has 0 aromatic heterocycles. The molecule has 1 amide bonds. The largest absolute Gasteiger partial charge is 0.378 e. The van der Waals surface area contributed by atoms with E-state index in [0.29, 0.717) is 19.1 Å². The van der Waals surface area contributed by atoms with Crippen molar-refractivity contribution in [3.63, 3.8) is 0 Å². The fraction of sp³-hybridized carbons (Fsp3) is 0.923. The minimum atomic E-state index is 0.0575. The van der Waals surface area contributed by atoms with Crippen LogP contribution in [-0.2, 0) is 9.53 Å². The Morgan fingerprint density at radius 2 is 2.06 bits per heavy atom. The van der Waals surface area contributed by atoms with Gasteiger partial charge < -0.3 is 15.4 Å². The summed E-state index contributed by atoms with van der Waals surface area (Å²) >= 11 is 0. The lowest BCUT2D eigenvalue weighted by Crippen LogP contribution is -2.46. The van der Waals surface area contributed by atoms with Crippen LogP contribution in [0.2, 0.25) is 0 Å². The van der Waals surface area contributed by atoms with Crippen LogP contribution >= 0.6 is 0 Å². The van der Waals surface area contributed by atoms with Crippen LogP contribution < -0.4 is 5.73 Å². The van der Waals surface area contributed by atoms with E-state index in [-0.39, 0.29) is 17.9 Å². The molecule has 2 atom stereocenters. The maximum Gasteiger partial charge on any atom is 0.228 e. The van der Waals surface area contributed by atoms with E-state index in [0.717, 1.165) is 25.9 Å². The SMILES string of the molecule is CC1OCCC1C(=O)N(CCN)C1CCCC1. The topological polar surface area (TPSA) is 55.6 Å². The standard InChI is InChI=1S/C13H24N2O2/c1-10-12(6-9-17-10)13(16)15(8-7-14)11-4-2-3-5-11/h10-12H,2-9,14H2,1H3. The van der Waals surface area contributed by atoms with E-state index < -0.39 is 0 Å². The third-order valence-corrected chi connectivity index (χ3v) is 4.11. The van der Waals surface area contributed by atoms with Gasteiger partial charge in [0.1, 0.15) is 0 Å². The first-order chi connectivity index (χ1) is 8.24. The molecule has 1 heterocycles. The van der Waals surface area contributed by atoms with Crippen LogP contribution in [-0.4, -0.2) is 42.6 Å². The van der Waals surface area contributed by atoms with Gasteiger partial charge in [-0.15, -0.1) is 0 Å². The fourth-order valence-corrected chi connectivity index (χ4v) is 3.10. The summed E-state index contributed by atoms with van der Waals surface area (Å²) in [5.41, 5.74) is 5.64.